The molecule has 154 valence electrons. The Bertz CT molecular complexity index is 543. The summed E-state index contributed by atoms with van der Waals surface area (Å²) >= 11 is 6.35. The number of hydrogen-bond acceptors (Lipinski definition) is 5. The van der Waals surface area contributed by atoms with Crippen LogP contribution in [-0.4, -0.2) is 101 Å². The van der Waals surface area contributed by atoms with Crippen molar-refractivity contribution in [1.82, 2.24) is 25.1 Å². The van der Waals surface area contributed by atoms with Crippen molar-refractivity contribution < 1.29 is 14.4 Å². The van der Waals surface area contributed by atoms with Gasteiger partial charge in [-0.3, -0.25) is 24.7 Å². The molecule has 0 bridgehead atoms. The summed E-state index contributed by atoms with van der Waals surface area (Å²) in [4.78, 5) is 42.4. The molecule has 1 N–H and O–H groups in total. The summed E-state index contributed by atoms with van der Waals surface area (Å²) in [5.74, 6) is -0.327. The second-order valence-corrected chi connectivity index (χ2v) is 7.57. The van der Waals surface area contributed by atoms with Gasteiger partial charge in [0.25, 0.3) is 5.91 Å². The monoisotopic (exact) mass is 401 g/mol. The van der Waals surface area contributed by atoms with Crippen molar-refractivity contribution in [3.63, 3.8) is 0 Å². The molecule has 2 fully saturated rings. The highest BCUT2D eigenvalue weighted by Gasteiger charge is 2.40. The number of unbranched alkanes of at least 4 members (excludes halogenated alkanes) is 1. The Morgan fingerprint density at radius 3 is 2.52 bits per heavy atom. The molecule has 8 nitrogen and oxygen atoms in total. The quantitative estimate of drug-likeness (QED) is 0.585. The van der Waals surface area contributed by atoms with E-state index in [0.717, 1.165) is 19.4 Å². The van der Waals surface area contributed by atoms with E-state index in [2.05, 4.69) is 12.3 Å². The fourth-order valence-electron chi connectivity index (χ4n) is 3.57. The number of amides is 3. The predicted molar refractivity (Wildman–Crippen MR) is 104 cm³/mol. The highest BCUT2D eigenvalue weighted by Crippen LogP contribution is 2.19. The first-order chi connectivity index (χ1) is 12.9. The number of carbonyl (C=O) groups is 3. The van der Waals surface area contributed by atoms with Crippen molar-refractivity contribution in [2.45, 2.75) is 45.0 Å². The molecule has 0 aromatic carbocycles. The van der Waals surface area contributed by atoms with Crippen LogP contribution >= 0.6 is 11.6 Å². The second kappa shape index (κ2) is 10.2. The summed E-state index contributed by atoms with van der Waals surface area (Å²) in [5, 5.41) is 1.22. The molecule has 0 spiro atoms. The third-order valence-corrected chi connectivity index (χ3v) is 5.79. The van der Waals surface area contributed by atoms with Crippen LogP contribution in [-0.2, 0) is 14.4 Å². The summed E-state index contributed by atoms with van der Waals surface area (Å²) in [6.07, 6.45) is 2.03. The molecule has 2 aliphatic rings. The Hall–Kier alpha value is -1.38. The van der Waals surface area contributed by atoms with Crippen molar-refractivity contribution in [2.75, 3.05) is 52.4 Å². The molecule has 0 radical (unpaired) electrons. The van der Waals surface area contributed by atoms with Crippen molar-refractivity contribution in [3.8, 4) is 0 Å². The van der Waals surface area contributed by atoms with E-state index in [-0.39, 0.29) is 36.9 Å². The zero-order valence-corrected chi connectivity index (χ0v) is 17.4. The topological polar surface area (TPSA) is 76.2 Å². The van der Waals surface area contributed by atoms with Crippen LogP contribution < -0.4 is 5.43 Å². The molecule has 2 saturated heterocycles. The van der Waals surface area contributed by atoms with E-state index in [1.165, 1.54) is 0 Å². The fraction of sp³-hybridized carbons (Fsp3) is 0.833. The van der Waals surface area contributed by atoms with Gasteiger partial charge in [-0.2, -0.15) is 0 Å². The van der Waals surface area contributed by atoms with Crippen LogP contribution in [0.1, 0.15) is 33.6 Å². The third-order valence-electron chi connectivity index (χ3n) is 5.31. The van der Waals surface area contributed by atoms with Crippen LogP contribution in [0.25, 0.3) is 0 Å². The minimum absolute atomic E-state index is 0.0280. The molecule has 27 heavy (non-hydrogen) atoms. The fourth-order valence-corrected chi connectivity index (χ4v) is 3.86. The molecule has 3 amide bonds. The van der Waals surface area contributed by atoms with Gasteiger partial charge in [0.2, 0.25) is 11.8 Å². The number of nitrogens with zero attached hydrogens (tertiary/aromatic N) is 4. The maximum Gasteiger partial charge on any atom is 0.253 e. The lowest BCUT2D eigenvalue weighted by atomic mass is 10.1. The Morgan fingerprint density at radius 1 is 1.22 bits per heavy atom. The first kappa shape index (κ1) is 21.9. The number of rotatable bonds is 8. The number of piperazine rings is 1. The van der Waals surface area contributed by atoms with Crippen LogP contribution in [0.2, 0.25) is 0 Å². The lowest BCUT2D eigenvalue weighted by Crippen LogP contribution is -2.66. The van der Waals surface area contributed by atoms with Gasteiger partial charge in [-0.1, -0.05) is 13.3 Å². The van der Waals surface area contributed by atoms with E-state index in [1.807, 2.05) is 23.8 Å². The summed E-state index contributed by atoms with van der Waals surface area (Å²) in [7, 11) is 0. The predicted octanol–water partition coefficient (Wildman–Crippen LogP) is 0.122. The van der Waals surface area contributed by atoms with Crippen LogP contribution in [0.5, 0.6) is 0 Å². The Kier molecular flexibility index (Phi) is 8.31. The van der Waals surface area contributed by atoms with Crippen molar-refractivity contribution in [1.29, 1.82) is 0 Å². The molecule has 2 rings (SSSR count). The number of likely N-dealkylation sites (N-methyl/N-ethyl adjacent to an activating group) is 1. The third kappa shape index (κ3) is 5.56. The Balaban J connectivity index is 1.94. The van der Waals surface area contributed by atoms with E-state index < -0.39 is 5.38 Å². The van der Waals surface area contributed by atoms with Gasteiger partial charge in [0, 0.05) is 39.3 Å². The molecule has 2 atom stereocenters. The average Bonchev–Trinajstić information content (AvgIpc) is 2.65. The minimum Gasteiger partial charge on any atom is -0.342 e. The van der Waals surface area contributed by atoms with E-state index in [4.69, 9.17) is 11.6 Å². The molecule has 0 aliphatic carbocycles. The summed E-state index contributed by atoms with van der Waals surface area (Å²) in [6.45, 7) is 10.0. The number of alkyl halides is 1. The molecule has 2 unspecified atom stereocenters. The van der Waals surface area contributed by atoms with Gasteiger partial charge < -0.3 is 9.80 Å². The number of nitrogens with one attached hydrogen (secondary N) is 1. The number of hydrogen-bond donors (Lipinski definition) is 1. The zero-order chi connectivity index (χ0) is 20.0. The number of hydrazine groups is 1. The maximum atomic E-state index is 12.6. The molecular formula is C18H32ClN5O3. The van der Waals surface area contributed by atoms with Crippen molar-refractivity contribution >= 4 is 29.3 Å². The molecule has 0 aromatic rings. The van der Waals surface area contributed by atoms with Crippen LogP contribution in [0.3, 0.4) is 0 Å². The summed E-state index contributed by atoms with van der Waals surface area (Å²) < 4.78 is 0. The SMILES string of the molecule is CCCCN1CC(N2CCN(CC(=O)N(CC)CC)C(=O)C2)C(Cl)C(=O)N1. The lowest BCUT2D eigenvalue weighted by Gasteiger charge is -2.44. The largest absolute Gasteiger partial charge is 0.342 e. The normalized spacial score (nSPS) is 24.8. The van der Waals surface area contributed by atoms with E-state index in [9.17, 15) is 14.4 Å². The zero-order valence-electron chi connectivity index (χ0n) is 16.6. The Labute approximate surface area is 166 Å². The van der Waals surface area contributed by atoms with Gasteiger partial charge in [-0.05, 0) is 20.3 Å². The molecular weight excluding hydrogens is 370 g/mol. The van der Waals surface area contributed by atoms with E-state index in [0.29, 0.717) is 32.7 Å². The van der Waals surface area contributed by atoms with Gasteiger partial charge in [0.1, 0.15) is 5.38 Å². The lowest BCUT2D eigenvalue weighted by molar-refractivity contribution is -0.146. The van der Waals surface area contributed by atoms with Crippen molar-refractivity contribution in [2.24, 2.45) is 0 Å². The van der Waals surface area contributed by atoms with Crippen LogP contribution in [0.15, 0.2) is 0 Å². The summed E-state index contributed by atoms with van der Waals surface area (Å²) in [6, 6.07) is -0.207. The van der Waals surface area contributed by atoms with Crippen LogP contribution in [0, 0.1) is 0 Å². The number of halogens is 1. The highest BCUT2D eigenvalue weighted by molar-refractivity contribution is 6.31. The molecule has 2 heterocycles. The molecule has 0 aromatic heterocycles. The van der Waals surface area contributed by atoms with Gasteiger partial charge in [-0.15, -0.1) is 11.6 Å². The van der Waals surface area contributed by atoms with E-state index in [1.54, 1.807) is 9.80 Å². The first-order valence-corrected chi connectivity index (χ1v) is 10.3. The average molecular weight is 402 g/mol. The molecule has 0 saturated carbocycles. The number of carbonyl (C=O) groups excluding carboxylic acids is 3. The van der Waals surface area contributed by atoms with E-state index >= 15 is 0 Å². The van der Waals surface area contributed by atoms with Gasteiger partial charge >= 0.3 is 0 Å². The molecule has 2 aliphatic heterocycles. The van der Waals surface area contributed by atoms with Crippen molar-refractivity contribution in [3.05, 3.63) is 0 Å². The standard InChI is InChI=1S/C18H32ClN5O3/c1-4-7-8-24-11-14(17(19)18(27)20-24)22-9-10-23(16(26)12-22)13-15(25)21(5-2)6-3/h14,17H,4-13H2,1-3H3,(H,20,27). The first-order valence-electron chi connectivity index (χ1n) is 9.90. The maximum absolute atomic E-state index is 12.6. The summed E-state index contributed by atoms with van der Waals surface area (Å²) in [5.41, 5.74) is 2.83. The Morgan fingerprint density at radius 2 is 1.93 bits per heavy atom. The smallest absolute Gasteiger partial charge is 0.253 e. The molecule has 9 heteroatoms. The van der Waals surface area contributed by atoms with Gasteiger partial charge in [0.15, 0.2) is 0 Å². The highest BCUT2D eigenvalue weighted by atomic mass is 35.5. The second-order valence-electron chi connectivity index (χ2n) is 7.10. The van der Waals surface area contributed by atoms with Crippen LogP contribution in [0.4, 0.5) is 0 Å². The van der Waals surface area contributed by atoms with Gasteiger partial charge in [0.05, 0.1) is 19.1 Å². The minimum atomic E-state index is -0.681. The van der Waals surface area contributed by atoms with Gasteiger partial charge in [-0.25, -0.2) is 5.01 Å².